The summed E-state index contributed by atoms with van der Waals surface area (Å²) in [6, 6.07) is 10.0. The SMILES string of the molecule is Cc1ccc(S(=O)(=O)NC(=O)c2nc(C)n3ccccc23)cc1C. The third-order valence-corrected chi connectivity index (χ3v) is 5.28. The molecule has 7 heteroatoms. The van der Waals surface area contributed by atoms with Crippen LogP contribution in [0.15, 0.2) is 47.5 Å². The number of carbonyl (C=O) groups excluding carboxylic acids is 1. The average Bonchev–Trinajstić information content (AvgIpc) is 2.87. The van der Waals surface area contributed by atoms with E-state index in [4.69, 9.17) is 0 Å². The molecule has 0 saturated heterocycles. The molecule has 2 aromatic heterocycles. The molecule has 0 bridgehead atoms. The maximum absolute atomic E-state index is 12.5. The fourth-order valence-corrected chi connectivity index (χ4v) is 3.51. The highest BCUT2D eigenvalue weighted by Crippen LogP contribution is 2.17. The van der Waals surface area contributed by atoms with Crippen molar-refractivity contribution in [3.05, 3.63) is 65.2 Å². The number of nitrogens with one attached hydrogen (secondary N) is 1. The largest absolute Gasteiger partial charge is 0.303 e. The van der Waals surface area contributed by atoms with Crippen molar-refractivity contribution < 1.29 is 13.2 Å². The Hall–Kier alpha value is -2.67. The molecule has 0 unspecified atom stereocenters. The Bertz CT molecular complexity index is 1050. The van der Waals surface area contributed by atoms with Crippen molar-refractivity contribution in [3.63, 3.8) is 0 Å². The Labute approximate surface area is 140 Å². The lowest BCUT2D eigenvalue weighted by Crippen LogP contribution is -2.31. The van der Waals surface area contributed by atoms with Crippen molar-refractivity contribution in [3.8, 4) is 0 Å². The number of sulfonamides is 1. The van der Waals surface area contributed by atoms with Gasteiger partial charge in [0.15, 0.2) is 5.69 Å². The molecule has 2 heterocycles. The van der Waals surface area contributed by atoms with Crippen LogP contribution in [0.3, 0.4) is 0 Å². The molecule has 6 nitrogen and oxygen atoms in total. The molecule has 0 radical (unpaired) electrons. The number of amides is 1. The van der Waals surface area contributed by atoms with Crippen LogP contribution in [-0.2, 0) is 10.0 Å². The Morgan fingerprint density at radius 1 is 1.08 bits per heavy atom. The number of fused-ring (bicyclic) bond motifs is 1. The zero-order valence-corrected chi connectivity index (χ0v) is 14.4. The van der Waals surface area contributed by atoms with E-state index in [0.717, 1.165) is 11.1 Å². The van der Waals surface area contributed by atoms with Crippen LogP contribution in [0.5, 0.6) is 0 Å². The van der Waals surface area contributed by atoms with Gasteiger partial charge >= 0.3 is 0 Å². The summed E-state index contributed by atoms with van der Waals surface area (Å²) in [6.07, 6.45) is 1.77. The first-order valence-electron chi connectivity index (χ1n) is 7.38. The molecule has 0 fully saturated rings. The van der Waals surface area contributed by atoms with Crippen LogP contribution < -0.4 is 4.72 Å². The number of rotatable bonds is 3. The monoisotopic (exact) mass is 343 g/mol. The second-order valence-electron chi connectivity index (χ2n) is 5.64. The van der Waals surface area contributed by atoms with Gasteiger partial charge in [-0.25, -0.2) is 18.1 Å². The summed E-state index contributed by atoms with van der Waals surface area (Å²) in [6.45, 7) is 5.47. The number of aryl methyl sites for hydroxylation is 3. The van der Waals surface area contributed by atoms with E-state index in [-0.39, 0.29) is 10.6 Å². The Kier molecular flexibility index (Phi) is 3.88. The second kappa shape index (κ2) is 5.76. The lowest BCUT2D eigenvalue weighted by Gasteiger charge is -2.08. The Balaban J connectivity index is 1.97. The molecule has 124 valence electrons. The fraction of sp³-hybridized carbons (Fsp3) is 0.176. The van der Waals surface area contributed by atoms with Gasteiger partial charge in [0.25, 0.3) is 15.9 Å². The predicted octanol–water partition coefficient (Wildman–Crippen LogP) is 2.38. The van der Waals surface area contributed by atoms with Gasteiger partial charge in [-0.05, 0) is 56.2 Å². The molecule has 0 atom stereocenters. The van der Waals surface area contributed by atoms with Crippen LogP contribution in [-0.4, -0.2) is 23.7 Å². The average molecular weight is 343 g/mol. The van der Waals surface area contributed by atoms with Gasteiger partial charge in [0, 0.05) is 6.20 Å². The molecule has 0 aliphatic heterocycles. The van der Waals surface area contributed by atoms with E-state index >= 15 is 0 Å². The number of pyridine rings is 1. The van der Waals surface area contributed by atoms with Gasteiger partial charge in [0.1, 0.15) is 5.82 Å². The third kappa shape index (κ3) is 2.78. The first kappa shape index (κ1) is 16.2. The van der Waals surface area contributed by atoms with Crippen LogP contribution in [0.2, 0.25) is 0 Å². The molecule has 0 saturated carbocycles. The van der Waals surface area contributed by atoms with Crippen molar-refractivity contribution in [1.82, 2.24) is 14.1 Å². The maximum atomic E-state index is 12.5. The summed E-state index contributed by atoms with van der Waals surface area (Å²) in [5, 5.41) is 0. The van der Waals surface area contributed by atoms with Gasteiger partial charge in [-0.15, -0.1) is 0 Å². The molecule has 0 aliphatic carbocycles. The summed E-state index contributed by atoms with van der Waals surface area (Å²) in [5.74, 6) is -0.135. The minimum absolute atomic E-state index is 0.0548. The lowest BCUT2D eigenvalue weighted by molar-refractivity contribution is 0.0978. The maximum Gasteiger partial charge on any atom is 0.285 e. The molecule has 24 heavy (non-hydrogen) atoms. The van der Waals surface area contributed by atoms with Gasteiger partial charge in [-0.3, -0.25) is 4.79 Å². The highest BCUT2D eigenvalue weighted by Gasteiger charge is 2.23. The van der Waals surface area contributed by atoms with E-state index < -0.39 is 15.9 Å². The number of benzene rings is 1. The van der Waals surface area contributed by atoms with Crippen LogP contribution in [0.1, 0.15) is 27.4 Å². The highest BCUT2D eigenvalue weighted by atomic mass is 32.2. The molecule has 0 spiro atoms. The normalized spacial score (nSPS) is 11.6. The van der Waals surface area contributed by atoms with E-state index in [2.05, 4.69) is 9.71 Å². The molecule has 3 rings (SSSR count). The molecule has 1 amide bonds. The molecule has 0 aliphatic rings. The Morgan fingerprint density at radius 2 is 1.83 bits per heavy atom. The smallest absolute Gasteiger partial charge is 0.285 e. The number of carbonyl (C=O) groups is 1. The summed E-state index contributed by atoms with van der Waals surface area (Å²) < 4.78 is 28.7. The first-order valence-corrected chi connectivity index (χ1v) is 8.86. The zero-order valence-electron chi connectivity index (χ0n) is 13.6. The van der Waals surface area contributed by atoms with Gasteiger partial charge in [0.05, 0.1) is 10.4 Å². The minimum Gasteiger partial charge on any atom is -0.303 e. The van der Waals surface area contributed by atoms with Gasteiger partial charge in [-0.1, -0.05) is 12.1 Å². The van der Waals surface area contributed by atoms with E-state index in [0.29, 0.717) is 11.3 Å². The van der Waals surface area contributed by atoms with Crippen molar-refractivity contribution >= 4 is 21.4 Å². The zero-order chi connectivity index (χ0) is 17.5. The van der Waals surface area contributed by atoms with E-state index in [9.17, 15) is 13.2 Å². The van der Waals surface area contributed by atoms with E-state index in [1.165, 1.54) is 6.07 Å². The van der Waals surface area contributed by atoms with Crippen molar-refractivity contribution in [2.45, 2.75) is 25.7 Å². The number of nitrogens with zero attached hydrogens (tertiary/aromatic N) is 2. The number of hydrogen-bond donors (Lipinski definition) is 1. The van der Waals surface area contributed by atoms with E-state index in [1.54, 1.807) is 41.8 Å². The molecule has 3 aromatic rings. The quantitative estimate of drug-likeness (QED) is 0.792. The predicted molar refractivity (Wildman–Crippen MR) is 90.5 cm³/mol. The van der Waals surface area contributed by atoms with Crippen molar-refractivity contribution in [2.75, 3.05) is 0 Å². The molecular weight excluding hydrogens is 326 g/mol. The number of imidazole rings is 1. The van der Waals surface area contributed by atoms with Gasteiger partial charge in [0.2, 0.25) is 0 Å². The van der Waals surface area contributed by atoms with Gasteiger partial charge < -0.3 is 4.40 Å². The summed E-state index contributed by atoms with van der Waals surface area (Å²) in [7, 11) is -3.96. The van der Waals surface area contributed by atoms with Crippen molar-refractivity contribution in [2.24, 2.45) is 0 Å². The number of hydrogen-bond acceptors (Lipinski definition) is 4. The van der Waals surface area contributed by atoms with E-state index in [1.807, 2.05) is 19.9 Å². The summed E-state index contributed by atoms with van der Waals surface area (Å²) in [5.41, 5.74) is 2.47. The van der Waals surface area contributed by atoms with Crippen LogP contribution in [0, 0.1) is 20.8 Å². The molecule has 1 aromatic carbocycles. The fourth-order valence-electron chi connectivity index (χ4n) is 2.47. The summed E-state index contributed by atoms with van der Waals surface area (Å²) >= 11 is 0. The van der Waals surface area contributed by atoms with Crippen LogP contribution >= 0.6 is 0 Å². The van der Waals surface area contributed by atoms with Gasteiger partial charge in [-0.2, -0.15) is 0 Å². The minimum atomic E-state index is -3.96. The second-order valence-corrected chi connectivity index (χ2v) is 7.33. The third-order valence-electron chi connectivity index (χ3n) is 3.96. The van der Waals surface area contributed by atoms with Crippen LogP contribution in [0.25, 0.3) is 5.52 Å². The standard InChI is InChI=1S/C17H17N3O3S/c1-11-7-8-14(10-12(11)2)24(22,23)19-17(21)16-15-6-4-5-9-20(15)13(3)18-16/h4-10H,1-3H3,(H,19,21). The van der Waals surface area contributed by atoms with Crippen molar-refractivity contribution in [1.29, 1.82) is 0 Å². The number of aromatic nitrogens is 2. The molecule has 1 N–H and O–H groups in total. The lowest BCUT2D eigenvalue weighted by atomic mass is 10.1. The first-order chi connectivity index (χ1) is 11.3. The highest BCUT2D eigenvalue weighted by molar-refractivity contribution is 7.90. The topological polar surface area (TPSA) is 80.5 Å². The van der Waals surface area contributed by atoms with Crippen LogP contribution in [0.4, 0.5) is 0 Å². The Morgan fingerprint density at radius 3 is 2.54 bits per heavy atom. The molecular formula is C17H17N3O3S. The summed E-state index contributed by atoms with van der Waals surface area (Å²) in [4.78, 5) is 16.7.